The largest absolute Gasteiger partial charge is 0.618 e. The van der Waals surface area contributed by atoms with E-state index in [2.05, 4.69) is 21.2 Å². The Morgan fingerprint density at radius 3 is 2.76 bits per heavy atom. The molecule has 0 unspecified atom stereocenters. The van der Waals surface area contributed by atoms with E-state index in [0.29, 0.717) is 10.4 Å². The van der Waals surface area contributed by atoms with Crippen LogP contribution in [0.4, 0.5) is 5.69 Å². The zero-order valence-corrected chi connectivity index (χ0v) is 12.4. The number of pyridine rings is 1. The fourth-order valence-electron chi connectivity index (χ4n) is 1.55. The number of hydrogen-bond acceptors (Lipinski definition) is 4. The zero-order valence-electron chi connectivity index (χ0n) is 10.8. The summed E-state index contributed by atoms with van der Waals surface area (Å²) in [6.07, 6.45) is 1.18. The fourth-order valence-corrected chi connectivity index (χ4v) is 1.95. The number of nitrogens with one attached hydrogen (secondary N) is 1. The van der Waals surface area contributed by atoms with E-state index in [-0.39, 0.29) is 5.69 Å². The maximum absolute atomic E-state index is 11.7. The minimum atomic E-state index is -0.852. The molecule has 2 aromatic rings. The van der Waals surface area contributed by atoms with Crippen molar-refractivity contribution in [1.29, 1.82) is 0 Å². The molecule has 1 aromatic carbocycles. The molecule has 1 amide bonds. The van der Waals surface area contributed by atoms with Crippen LogP contribution in [-0.2, 0) is 9.53 Å². The van der Waals surface area contributed by atoms with Crippen molar-refractivity contribution >= 4 is 33.5 Å². The molecular weight excluding hydrogens is 340 g/mol. The van der Waals surface area contributed by atoms with Crippen LogP contribution < -0.4 is 10.0 Å². The molecular formula is C14H11BrN2O4. The number of esters is 1. The number of halogens is 1. The number of aromatic nitrogens is 1. The lowest BCUT2D eigenvalue weighted by Gasteiger charge is -2.07. The summed E-state index contributed by atoms with van der Waals surface area (Å²) in [5.74, 6) is -1.34. The van der Waals surface area contributed by atoms with E-state index in [1.165, 1.54) is 24.4 Å². The van der Waals surface area contributed by atoms with Crippen LogP contribution in [0.1, 0.15) is 10.5 Å². The molecule has 2 rings (SSSR count). The first kappa shape index (κ1) is 15.0. The Hall–Kier alpha value is -2.41. The van der Waals surface area contributed by atoms with Crippen LogP contribution >= 0.6 is 15.9 Å². The number of anilines is 1. The molecule has 0 radical (unpaired) electrons. The van der Waals surface area contributed by atoms with Crippen LogP contribution in [0.5, 0.6) is 0 Å². The number of ether oxygens (including phenoxy) is 1. The van der Waals surface area contributed by atoms with Gasteiger partial charge in [0.05, 0.1) is 0 Å². The van der Waals surface area contributed by atoms with Gasteiger partial charge in [-0.25, -0.2) is 4.79 Å². The molecule has 7 heteroatoms. The second-order valence-electron chi connectivity index (χ2n) is 4.05. The van der Waals surface area contributed by atoms with E-state index in [1.54, 1.807) is 18.2 Å². The normalized spacial score (nSPS) is 9.95. The van der Waals surface area contributed by atoms with Crippen LogP contribution in [0.3, 0.4) is 0 Å². The Labute approximate surface area is 129 Å². The quantitative estimate of drug-likeness (QED) is 0.518. The highest BCUT2D eigenvalue weighted by Crippen LogP contribution is 2.15. The first-order chi connectivity index (χ1) is 10.1. The average molecular weight is 351 g/mol. The fraction of sp³-hybridized carbons (Fsp3) is 0.0714. The van der Waals surface area contributed by atoms with Gasteiger partial charge in [0.15, 0.2) is 12.8 Å². The van der Waals surface area contributed by atoms with Gasteiger partial charge < -0.3 is 15.3 Å². The Morgan fingerprint density at radius 2 is 2.05 bits per heavy atom. The van der Waals surface area contributed by atoms with Gasteiger partial charge in [-0.3, -0.25) is 4.79 Å². The molecule has 1 heterocycles. The van der Waals surface area contributed by atoms with Gasteiger partial charge in [0.2, 0.25) is 0 Å². The van der Waals surface area contributed by atoms with Crippen molar-refractivity contribution in [2.45, 2.75) is 0 Å². The van der Waals surface area contributed by atoms with Crippen molar-refractivity contribution in [1.82, 2.24) is 0 Å². The maximum Gasteiger partial charge on any atom is 0.405 e. The summed E-state index contributed by atoms with van der Waals surface area (Å²) < 4.78 is 5.99. The molecule has 0 spiro atoms. The minimum Gasteiger partial charge on any atom is -0.618 e. The predicted octanol–water partition coefficient (Wildman–Crippen LogP) is 1.88. The monoisotopic (exact) mass is 350 g/mol. The number of carbonyl (C=O) groups is 2. The number of benzene rings is 1. The summed E-state index contributed by atoms with van der Waals surface area (Å²) in [5, 5.41) is 13.9. The highest BCUT2D eigenvalue weighted by molar-refractivity contribution is 9.10. The highest BCUT2D eigenvalue weighted by Gasteiger charge is 2.18. The first-order valence-corrected chi connectivity index (χ1v) is 6.76. The van der Waals surface area contributed by atoms with Gasteiger partial charge in [-0.1, -0.05) is 22.0 Å². The van der Waals surface area contributed by atoms with Crippen molar-refractivity contribution in [2.75, 3.05) is 11.9 Å². The molecule has 0 saturated carbocycles. The van der Waals surface area contributed by atoms with E-state index < -0.39 is 18.5 Å². The standard InChI is InChI=1S/C14H11BrN2O4/c15-10-4-3-5-11(8-10)16-13(18)9-21-14(19)12-6-1-2-7-17(12)20/h1-8H,9H2,(H,16,18). The van der Waals surface area contributed by atoms with Crippen molar-refractivity contribution in [3.8, 4) is 0 Å². The van der Waals surface area contributed by atoms with Crippen LogP contribution in [-0.4, -0.2) is 18.5 Å². The van der Waals surface area contributed by atoms with E-state index in [1.807, 2.05) is 6.07 Å². The summed E-state index contributed by atoms with van der Waals surface area (Å²) in [6, 6.07) is 11.3. The number of carbonyl (C=O) groups excluding carboxylic acids is 2. The molecule has 0 aliphatic rings. The van der Waals surface area contributed by atoms with Crippen LogP contribution in [0, 0.1) is 5.21 Å². The summed E-state index contributed by atoms with van der Waals surface area (Å²) in [7, 11) is 0. The van der Waals surface area contributed by atoms with E-state index in [0.717, 1.165) is 4.47 Å². The average Bonchev–Trinajstić information content (AvgIpc) is 2.45. The van der Waals surface area contributed by atoms with Crippen LogP contribution in [0.15, 0.2) is 53.1 Å². The van der Waals surface area contributed by atoms with Crippen molar-refractivity contribution < 1.29 is 19.1 Å². The van der Waals surface area contributed by atoms with Crippen LogP contribution in [0.2, 0.25) is 0 Å². The molecule has 6 nitrogen and oxygen atoms in total. The van der Waals surface area contributed by atoms with E-state index in [9.17, 15) is 14.8 Å². The predicted molar refractivity (Wildman–Crippen MR) is 78.5 cm³/mol. The molecule has 0 fully saturated rings. The van der Waals surface area contributed by atoms with Gasteiger partial charge in [-0.2, -0.15) is 4.73 Å². The number of amides is 1. The Kier molecular flexibility index (Phi) is 4.89. The zero-order chi connectivity index (χ0) is 15.2. The topological polar surface area (TPSA) is 82.3 Å². The SMILES string of the molecule is O=C(COC(=O)c1cccc[n+]1[O-])Nc1cccc(Br)c1. The van der Waals surface area contributed by atoms with Gasteiger partial charge in [0.1, 0.15) is 0 Å². The summed E-state index contributed by atoms with van der Waals surface area (Å²) in [5.41, 5.74) is 0.400. The first-order valence-electron chi connectivity index (χ1n) is 5.97. The van der Waals surface area contributed by atoms with Crippen molar-refractivity contribution in [3.63, 3.8) is 0 Å². The summed E-state index contributed by atoms with van der Waals surface area (Å²) in [4.78, 5) is 23.3. The molecule has 108 valence electrons. The maximum atomic E-state index is 11.7. The lowest BCUT2D eigenvalue weighted by atomic mass is 10.3. The lowest BCUT2D eigenvalue weighted by Crippen LogP contribution is -2.35. The molecule has 0 aliphatic carbocycles. The number of rotatable bonds is 4. The van der Waals surface area contributed by atoms with Gasteiger partial charge in [0, 0.05) is 22.3 Å². The molecule has 0 atom stereocenters. The third kappa shape index (κ3) is 4.28. The second-order valence-corrected chi connectivity index (χ2v) is 4.96. The Balaban J connectivity index is 1.90. The van der Waals surface area contributed by atoms with Gasteiger partial charge in [-0.05, 0) is 24.3 Å². The number of nitrogens with zero attached hydrogens (tertiary/aromatic N) is 1. The molecule has 1 aromatic heterocycles. The van der Waals surface area contributed by atoms with E-state index >= 15 is 0 Å². The summed E-state index contributed by atoms with van der Waals surface area (Å²) in [6.45, 7) is -0.472. The molecule has 1 N–H and O–H groups in total. The summed E-state index contributed by atoms with van der Waals surface area (Å²) >= 11 is 3.28. The van der Waals surface area contributed by atoms with Crippen LogP contribution in [0.25, 0.3) is 0 Å². The van der Waals surface area contributed by atoms with Crippen molar-refractivity contribution in [2.24, 2.45) is 0 Å². The molecule has 21 heavy (non-hydrogen) atoms. The molecule has 0 saturated heterocycles. The minimum absolute atomic E-state index is 0.173. The third-order valence-electron chi connectivity index (χ3n) is 2.48. The van der Waals surface area contributed by atoms with Gasteiger partial charge in [-0.15, -0.1) is 0 Å². The molecule has 0 aliphatic heterocycles. The lowest BCUT2D eigenvalue weighted by molar-refractivity contribution is -0.608. The van der Waals surface area contributed by atoms with Gasteiger partial charge >= 0.3 is 11.7 Å². The van der Waals surface area contributed by atoms with E-state index in [4.69, 9.17) is 4.74 Å². The number of hydrogen-bond donors (Lipinski definition) is 1. The second kappa shape index (κ2) is 6.85. The Morgan fingerprint density at radius 1 is 1.24 bits per heavy atom. The van der Waals surface area contributed by atoms with Gasteiger partial charge in [0.25, 0.3) is 5.91 Å². The Bertz CT molecular complexity index is 676. The smallest absolute Gasteiger partial charge is 0.405 e. The third-order valence-corrected chi connectivity index (χ3v) is 2.97. The highest BCUT2D eigenvalue weighted by atomic mass is 79.9. The molecule has 0 bridgehead atoms. The van der Waals surface area contributed by atoms with Crippen molar-refractivity contribution in [3.05, 3.63) is 64.0 Å².